The summed E-state index contributed by atoms with van der Waals surface area (Å²) in [6, 6.07) is -0.649. The zero-order chi connectivity index (χ0) is 25.3. The maximum atomic E-state index is 13.2. The fraction of sp³-hybridized carbons (Fsp3) is 0.833. The van der Waals surface area contributed by atoms with E-state index in [0.29, 0.717) is 12.2 Å². The molecular weight excluding hydrogens is 426 g/mol. The summed E-state index contributed by atoms with van der Waals surface area (Å²) in [5.41, 5.74) is 3.83. The lowest BCUT2D eigenvalue weighted by atomic mass is 9.76. The molecule has 1 aliphatic heterocycles. The summed E-state index contributed by atoms with van der Waals surface area (Å²) in [4.78, 5) is 51.7. The van der Waals surface area contributed by atoms with Gasteiger partial charge in [-0.15, -0.1) is 11.8 Å². The van der Waals surface area contributed by atoms with Crippen LogP contribution in [0.3, 0.4) is 0 Å². The first-order chi connectivity index (χ1) is 14.2. The van der Waals surface area contributed by atoms with Gasteiger partial charge in [-0.2, -0.15) is 0 Å². The molecule has 0 saturated carbocycles. The van der Waals surface area contributed by atoms with Gasteiger partial charge in [-0.3, -0.25) is 24.1 Å². The highest BCUT2D eigenvalue weighted by Crippen LogP contribution is 2.38. The van der Waals surface area contributed by atoms with Crippen molar-refractivity contribution in [2.45, 2.75) is 111 Å². The normalized spacial score (nSPS) is 19.3. The summed E-state index contributed by atoms with van der Waals surface area (Å²) < 4.78 is 0. The first-order valence-corrected chi connectivity index (χ1v) is 12.3. The first-order valence-electron chi connectivity index (χ1n) is 11.3. The van der Waals surface area contributed by atoms with Gasteiger partial charge in [0.1, 0.15) is 5.78 Å². The van der Waals surface area contributed by atoms with Gasteiger partial charge in [0.25, 0.3) is 0 Å². The second kappa shape index (κ2) is 9.84. The van der Waals surface area contributed by atoms with E-state index in [2.05, 4.69) is 26.1 Å². The van der Waals surface area contributed by atoms with Crippen molar-refractivity contribution < 1.29 is 19.2 Å². The van der Waals surface area contributed by atoms with Crippen molar-refractivity contribution >= 4 is 35.3 Å². The van der Waals surface area contributed by atoms with Crippen molar-refractivity contribution in [3.05, 3.63) is 0 Å². The quantitative estimate of drug-likeness (QED) is 0.475. The minimum atomic E-state index is -0.832. The van der Waals surface area contributed by atoms with E-state index in [0.717, 1.165) is 6.42 Å². The third-order valence-electron chi connectivity index (χ3n) is 5.62. The van der Waals surface area contributed by atoms with Gasteiger partial charge in [0.2, 0.25) is 17.7 Å². The third kappa shape index (κ3) is 7.87. The van der Waals surface area contributed by atoms with Crippen LogP contribution in [0, 0.1) is 10.8 Å². The maximum Gasteiger partial charge on any atom is 0.243 e. The van der Waals surface area contributed by atoms with Gasteiger partial charge in [-0.05, 0) is 52.9 Å². The molecule has 0 aromatic rings. The number of nitrogens with zero attached hydrogens (tertiary/aromatic N) is 1. The molecule has 1 saturated heterocycles. The van der Waals surface area contributed by atoms with E-state index in [4.69, 9.17) is 5.73 Å². The molecule has 1 fully saturated rings. The second-order valence-electron chi connectivity index (χ2n) is 12.3. The van der Waals surface area contributed by atoms with Crippen molar-refractivity contribution in [3.8, 4) is 0 Å². The summed E-state index contributed by atoms with van der Waals surface area (Å²) in [6.45, 7) is 19.2. The Kier molecular flexibility index (Phi) is 8.80. The van der Waals surface area contributed by atoms with Crippen LogP contribution in [0.5, 0.6) is 0 Å². The number of likely N-dealkylation sites (tertiary alicyclic amines) is 1. The van der Waals surface area contributed by atoms with Crippen molar-refractivity contribution in [2.75, 3.05) is 5.75 Å². The lowest BCUT2D eigenvalue weighted by Crippen LogP contribution is -2.55. The predicted molar refractivity (Wildman–Crippen MR) is 130 cm³/mol. The lowest BCUT2D eigenvalue weighted by molar-refractivity contribution is -0.148. The number of carbonyl (C=O) groups is 4. The average molecular weight is 470 g/mol. The van der Waals surface area contributed by atoms with Gasteiger partial charge in [0.15, 0.2) is 0 Å². The summed E-state index contributed by atoms with van der Waals surface area (Å²) in [7, 11) is 0. The number of rotatable bonds is 10. The van der Waals surface area contributed by atoms with E-state index in [9.17, 15) is 19.2 Å². The summed E-state index contributed by atoms with van der Waals surface area (Å²) in [5, 5.41) is 2.62. The Morgan fingerprint density at radius 3 is 2.06 bits per heavy atom. The Hall–Kier alpha value is -1.41. The number of amides is 3. The summed E-state index contributed by atoms with van der Waals surface area (Å²) in [6.07, 6.45) is 1.23. The number of hydrogen-bond acceptors (Lipinski definition) is 6. The Labute approximate surface area is 198 Å². The molecule has 0 bridgehead atoms. The molecule has 184 valence electrons. The molecule has 0 aromatic carbocycles. The van der Waals surface area contributed by atoms with Crippen LogP contribution in [0.25, 0.3) is 0 Å². The van der Waals surface area contributed by atoms with Gasteiger partial charge in [0, 0.05) is 28.7 Å². The van der Waals surface area contributed by atoms with E-state index in [1.807, 2.05) is 41.5 Å². The number of thioether (sulfide) groups is 1. The van der Waals surface area contributed by atoms with Gasteiger partial charge in [-0.1, -0.05) is 34.6 Å². The van der Waals surface area contributed by atoms with Crippen molar-refractivity contribution in [1.29, 1.82) is 0 Å². The number of ketones is 1. The number of nitrogens with one attached hydrogen (secondary N) is 1. The minimum Gasteiger partial charge on any atom is -0.351 e. The molecule has 7 nitrogen and oxygen atoms in total. The Bertz CT molecular complexity index is 753. The number of imide groups is 1. The van der Waals surface area contributed by atoms with Crippen LogP contribution in [-0.4, -0.2) is 56.5 Å². The molecule has 1 rings (SSSR count). The zero-order valence-electron chi connectivity index (χ0n) is 21.5. The van der Waals surface area contributed by atoms with E-state index in [1.54, 1.807) is 0 Å². The fourth-order valence-electron chi connectivity index (χ4n) is 4.79. The van der Waals surface area contributed by atoms with Crippen LogP contribution < -0.4 is 11.1 Å². The molecule has 3 amide bonds. The number of Topliss-reactive ketones (excluding diaryl/α,β-unsaturated/α-hetero) is 1. The molecule has 32 heavy (non-hydrogen) atoms. The molecule has 2 atom stereocenters. The maximum absolute atomic E-state index is 13.2. The fourth-order valence-corrected chi connectivity index (χ4v) is 5.98. The molecule has 8 heteroatoms. The SMILES string of the molecule is CC(=O)C(N)CSC1CC(=O)N(C(C)(C)CC(C)(C)C(=O)NC(C)(C)CC(C)(C)C)C1=O. The monoisotopic (exact) mass is 469 g/mol. The van der Waals surface area contributed by atoms with Gasteiger partial charge < -0.3 is 11.1 Å². The third-order valence-corrected chi connectivity index (χ3v) is 6.95. The van der Waals surface area contributed by atoms with Gasteiger partial charge in [-0.25, -0.2) is 0 Å². The molecule has 0 spiro atoms. The zero-order valence-corrected chi connectivity index (χ0v) is 22.4. The van der Waals surface area contributed by atoms with E-state index in [-0.39, 0.29) is 40.9 Å². The molecule has 0 aromatic heterocycles. The number of carbonyl (C=O) groups excluding carboxylic acids is 4. The average Bonchev–Trinajstić information content (AvgIpc) is 2.82. The van der Waals surface area contributed by atoms with Crippen LogP contribution in [0.4, 0.5) is 0 Å². The minimum absolute atomic E-state index is 0.0617. The molecule has 0 radical (unpaired) electrons. The van der Waals surface area contributed by atoms with Crippen molar-refractivity contribution in [1.82, 2.24) is 10.2 Å². The van der Waals surface area contributed by atoms with Crippen molar-refractivity contribution in [3.63, 3.8) is 0 Å². The molecular formula is C24H43N3O4S. The summed E-state index contributed by atoms with van der Waals surface area (Å²) in [5.74, 6) is -0.474. The largest absolute Gasteiger partial charge is 0.351 e. The molecule has 2 unspecified atom stereocenters. The number of nitrogens with two attached hydrogens (primary N) is 1. The molecule has 1 aliphatic rings. The molecule has 3 N–H and O–H groups in total. The molecule has 0 aliphatic carbocycles. The first kappa shape index (κ1) is 28.6. The van der Waals surface area contributed by atoms with E-state index in [1.165, 1.54) is 23.6 Å². The van der Waals surface area contributed by atoms with Crippen LogP contribution >= 0.6 is 11.8 Å². The highest BCUT2D eigenvalue weighted by atomic mass is 32.2. The topological polar surface area (TPSA) is 110 Å². The van der Waals surface area contributed by atoms with Crippen LogP contribution in [0.2, 0.25) is 0 Å². The highest BCUT2D eigenvalue weighted by molar-refractivity contribution is 8.00. The second-order valence-corrected chi connectivity index (χ2v) is 13.5. The van der Waals surface area contributed by atoms with Crippen LogP contribution in [0.1, 0.15) is 88.5 Å². The van der Waals surface area contributed by atoms with Crippen molar-refractivity contribution in [2.24, 2.45) is 16.6 Å². The predicted octanol–water partition coefficient (Wildman–Crippen LogP) is 3.29. The number of hydrogen-bond donors (Lipinski definition) is 2. The van der Waals surface area contributed by atoms with Crippen LogP contribution in [0.15, 0.2) is 0 Å². The van der Waals surface area contributed by atoms with Gasteiger partial charge in [0.05, 0.1) is 11.3 Å². The summed E-state index contributed by atoms with van der Waals surface area (Å²) >= 11 is 1.25. The molecule has 1 heterocycles. The lowest BCUT2D eigenvalue weighted by Gasteiger charge is -2.41. The van der Waals surface area contributed by atoms with Crippen LogP contribution in [-0.2, 0) is 19.2 Å². The highest BCUT2D eigenvalue weighted by Gasteiger charge is 2.49. The smallest absolute Gasteiger partial charge is 0.243 e. The van der Waals surface area contributed by atoms with E-state index >= 15 is 0 Å². The Morgan fingerprint density at radius 2 is 1.59 bits per heavy atom. The standard InChI is InChI=1S/C24H43N3O4S/c1-15(28)16(25)12-32-17-11-18(29)27(19(17)30)24(9,10)14-22(5,6)20(31)26-23(7,8)13-21(2,3)4/h16-17H,11-14,25H2,1-10H3,(H,26,31). The van der Waals surface area contributed by atoms with Gasteiger partial charge >= 0.3 is 0 Å². The Morgan fingerprint density at radius 1 is 1.06 bits per heavy atom. The van der Waals surface area contributed by atoms with E-state index < -0.39 is 22.2 Å². The Balaban J connectivity index is 2.91.